The van der Waals surface area contributed by atoms with Crippen LogP contribution in [-0.2, 0) is 4.79 Å². The van der Waals surface area contributed by atoms with E-state index in [1.165, 1.54) is 6.08 Å². The largest absolute Gasteiger partial charge is 0.477 e. The molecule has 0 amide bonds. The summed E-state index contributed by atoms with van der Waals surface area (Å²) >= 11 is 0. The zero-order chi connectivity index (χ0) is 8.15. The van der Waals surface area contributed by atoms with Crippen LogP contribution in [0.5, 0.6) is 0 Å². The molecule has 0 saturated carbocycles. The molecule has 3 nitrogen and oxygen atoms in total. The van der Waals surface area contributed by atoms with E-state index in [9.17, 15) is 4.79 Å². The third kappa shape index (κ3) is 2.91. The van der Waals surface area contributed by atoms with Crippen LogP contribution in [0.1, 0.15) is 13.8 Å². The van der Waals surface area contributed by atoms with Gasteiger partial charge >= 0.3 is 5.97 Å². The molecule has 56 valence electrons. The molecule has 0 aliphatic carbocycles. The van der Waals surface area contributed by atoms with Crippen LogP contribution in [0.25, 0.3) is 0 Å². The molecule has 0 saturated heterocycles. The van der Waals surface area contributed by atoms with Gasteiger partial charge in [0, 0.05) is 5.70 Å². The molecule has 0 aliphatic rings. The van der Waals surface area contributed by atoms with Gasteiger partial charge < -0.3 is 10.4 Å². The van der Waals surface area contributed by atoms with E-state index in [-0.39, 0.29) is 5.70 Å². The normalized spacial score (nSPS) is 10.8. The predicted octanol–water partition coefficient (Wildman–Crippen LogP) is 1.10. The SMILES string of the molecule is C=C(C)N/C(=C\C)C(=O)O. The number of aliphatic carboxylic acids is 1. The summed E-state index contributed by atoms with van der Waals surface area (Å²) in [4.78, 5) is 10.3. The summed E-state index contributed by atoms with van der Waals surface area (Å²) in [6.45, 7) is 6.86. The van der Waals surface area contributed by atoms with Crippen LogP contribution in [-0.4, -0.2) is 11.1 Å². The van der Waals surface area contributed by atoms with Crippen LogP contribution in [0.3, 0.4) is 0 Å². The molecular formula is C7H11NO2. The maximum atomic E-state index is 10.3. The number of carboxylic acid groups (broad SMARTS) is 1. The second-order valence-electron chi connectivity index (χ2n) is 1.91. The van der Waals surface area contributed by atoms with Gasteiger partial charge in [0.1, 0.15) is 5.70 Å². The van der Waals surface area contributed by atoms with Crippen LogP contribution in [0.2, 0.25) is 0 Å². The zero-order valence-electron chi connectivity index (χ0n) is 6.14. The van der Waals surface area contributed by atoms with Crippen LogP contribution >= 0.6 is 0 Å². The Hall–Kier alpha value is -1.25. The van der Waals surface area contributed by atoms with Gasteiger partial charge in [0.15, 0.2) is 0 Å². The van der Waals surface area contributed by atoms with Crippen LogP contribution in [0.4, 0.5) is 0 Å². The zero-order valence-corrected chi connectivity index (χ0v) is 6.14. The summed E-state index contributed by atoms with van der Waals surface area (Å²) in [5, 5.41) is 11.0. The molecule has 3 heteroatoms. The molecule has 0 spiro atoms. The first-order chi connectivity index (χ1) is 4.57. The Morgan fingerprint density at radius 1 is 1.70 bits per heavy atom. The maximum Gasteiger partial charge on any atom is 0.351 e. The number of allylic oxidation sites excluding steroid dienone is 2. The van der Waals surface area contributed by atoms with Crippen molar-refractivity contribution in [1.82, 2.24) is 5.32 Å². The Kier molecular flexibility index (Phi) is 3.25. The van der Waals surface area contributed by atoms with Gasteiger partial charge in [-0.25, -0.2) is 4.79 Å². The van der Waals surface area contributed by atoms with Gasteiger partial charge in [-0.2, -0.15) is 0 Å². The van der Waals surface area contributed by atoms with E-state index >= 15 is 0 Å². The minimum atomic E-state index is -0.967. The minimum absolute atomic E-state index is 0.160. The molecular weight excluding hydrogens is 130 g/mol. The van der Waals surface area contributed by atoms with E-state index in [1.54, 1.807) is 13.8 Å². The molecule has 0 aromatic carbocycles. The first-order valence-electron chi connectivity index (χ1n) is 2.90. The lowest BCUT2D eigenvalue weighted by atomic mass is 10.4. The number of hydrogen-bond donors (Lipinski definition) is 2. The molecule has 0 heterocycles. The fourth-order valence-electron chi connectivity index (χ4n) is 0.479. The second-order valence-corrected chi connectivity index (χ2v) is 1.91. The lowest BCUT2D eigenvalue weighted by Gasteiger charge is -2.03. The van der Waals surface area contributed by atoms with Gasteiger partial charge in [0.05, 0.1) is 0 Å². The summed E-state index contributed by atoms with van der Waals surface area (Å²) in [6, 6.07) is 0. The average molecular weight is 141 g/mol. The van der Waals surface area contributed by atoms with Crippen molar-refractivity contribution in [3.8, 4) is 0 Å². The molecule has 0 atom stereocenters. The van der Waals surface area contributed by atoms with Crippen LogP contribution in [0.15, 0.2) is 24.0 Å². The lowest BCUT2D eigenvalue weighted by molar-refractivity contribution is -0.133. The number of nitrogens with one attached hydrogen (secondary N) is 1. The fraction of sp³-hybridized carbons (Fsp3) is 0.286. The highest BCUT2D eigenvalue weighted by molar-refractivity contribution is 5.86. The van der Waals surface area contributed by atoms with E-state index in [4.69, 9.17) is 5.11 Å². The summed E-state index contributed by atoms with van der Waals surface area (Å²) in [5.74, 6) is -0.967. The third-order valence-electron chi connectivity index (χ3n) is 0.867. The first kappa shape index (κ1) is 8.75. The Morgan fingerprint density at radius 3 is 2.30 bits per heavy atom. The predicted molar refractivity (Wildman–Crippen MR) is 39.3 cm³/mol. The topological polar surface area (TPSA) is 49.3 Å². The van der Waals surface area contributed by atoms with Gasteiger partial charge in [-0.1, -0.05) is 12.7 Å². The number of carboxylic acids is 1. The van der Waals surface area contributed by atoms with E-state index in [0.29, 0.717) is 5.70 Å². The Labute approximate surface area is 60.1 Å². The van der Waals surface area contributed by atoms with E-state index in [2.05, 4.69) is 11.9 Å². The van der Waals surface area contributed by atoms with Gasteiger partial charge in [-0.05, 0) is 13.8 Å². The monoisotopic (exact) mass is 141 g/mol. The van der Waals surface area contributed by atoms with E-state index in [1.807, 2.05) is 0 Å². The molecule has 0 fully saturated rings. The second kappa shape index (κ2) is 3.71. The molecule has 2 N–H and O–H groups in total. The molecule has 0 bridgehead atoms. The molecule has 0 unspecified atom stereocenters. The summed E-state index contributed by atoms with van der Waals surface area (Å²) in [6.07, 6.45) is 1.48. The highest BCUT2D eigenvalue weighted by atomic mass is 16.4. The van der Waals surface area contributed by atoms with E-state index in [0.717, 1.165) is 0 Å². The molecule has 0 radical (unpaired) electrons. The van der Waals surface area contributed by atoms with Gasteiger partial charge in [0.2, 0.25) is 0 Å². The molecule has 0 aromatic rings. The Balaban J connectivity index is 4.12. The van der Waals surface area contributed by atoms with Gasteiger partial charge in [-0.3, -0.25) is 0 Å². The standard InChI is InChI=1S/C7H11NO2/c1-4-6(7(9)10)8-5(2)3/h4,8H,2H2,1,3H3,(H,9,10)/b6-4-. The van der Waals surface area contributed by atoms with Crippen LogP contribution in [0, 0.1) is 0 Å². The highest BCUT2D eigenvalue weighted by Gasteiger charge is 2.02. The van der Waals surface area contributed by atoms with Crippen molar-refractivity contribution in [2.24, 2.45) is 0 Å². The van der Waals surface area contributed by atoms with Crippen molar-refractivity contribution in [3.05, 3.63) is 24.0 Å². The smallest absolute Gasteiger partial charge is 0.351 e. The van der Waals surface area contributed by atoms with Crippen molar-refractivity contribution >= 4 is 5.97 Å². The van der Waals surface area contributed by atoms with E-state index < -0.39 is 5.97 Å². The van der Waals surface area contributed by atoms with Crippen molar-refractivity contribution in [1.29, 1.82) is 0 Å². The van der Waals surface area contributed by atoms with Crippen molar-refractivity contribution in [2.45, 2.75) is 13.8 Å². The lowest BCUT2D eigenvalue weighted by Crippen LogP contribution is -2.17. The van der Waals surface area contributed by atoms with Gasteiger partial charge in [0.25, 0.3) is 0 Å². The Bertz CT molecular complexity index is 182. The fourth-order valence-corrected chi connectivity index (χ4v) is 0.479. The summed E-state index contributed by atoms with van der Waals surface area (Å²) in [5.41, 5.74) is 0.781. The quantitative estimate of drug-likeness (QED) is 0.578. The molecule has 0 aromatic heterocycles. The maximum absolute atomic E-state index is 10.3. The highest BCUT2D eigenvalue weighted by Crippen LogP contribution is 1.91. The number of rotatable bonds is 3. The molecule has 0 aliphatic heterocycles. The number of carbonyl (C=O) groups is 1. The average Bonchev–Trinajstić information content (AvgIpc) is 1.81. The summed E-state index contributed by atoms with van der Waals surface area (Å²) < 4.78 is 0. The van der Waals surface area contributed by atoms with Crippen molar-refractivity contribution in [2.75, 3.05) is 0 Å². The van der Waals surface area contributed by atoms with Gasteiger partial charge in [-0.15, -0.1) is 0 Å². The Morgan fingerprint density at radius 2 is 2.20 bits per heavy atom. The third-order valence-corrected chi connectivity index (χ3v) is 0.867. The molecule has 10 heavy (non-hydrogen) atoms. The van der Waals surface area contributed by atoms with Crippen LogP contribution < -0.4 is 5.32 Å². The van der Waals surface area contributed by atoms with Crippen molar-refractivity contribution < 1.29 is 9.90 Å². The first-order valence-corrected chi connectivity index (χ1v) is 2.90. The van der Waals surface area contributed by atoms with Crippen molar-refractivity contribution in [3.63, 3.8) is 0 Å². The number of hydrogen-bond acceptors (Lipinski definition) is 2. The minimum Gasteiger partial charge on any atom is -0.477 e. The summed E-state index contributed by atoms with van der Waals surface area (Å²) in [7, 11) is 0. The molecule has 0 rings (SSSR count).